The van der Waals surface area contributed by atoms with Crippen LogP contribution in [0.25, 0.3) is 0 Å². The Bertz CT molecular complexity index is 618. The Balaban J connectivity index is 1.84. The van der Waals surface area contributed by atoms with Crippen molar-refractivity contribution in [2.75, 3.05) is 19.8 Å². The molecule has 21 heavy (non-hydrogen) atoms. The number of pyridine rings is 1. The van der Waals surface area contributed by atoms with Gasteiger partial charge in [-0.05, 0) is 12.1 Å². The molecule has 1 N–H and O–H groups in total. The van der Waals surface area contributed by atoms with Crippen molar-refractivity contribution in [1.29, 1.82) is 0 Å². The Morgan fingerprint density at radius 2 is 2.14 bits per heavy atom. The van der Waals surface area contributed by atoms with Gasteiger partial charge in [-0.15, -0.1) is 5.54 Å². The van der Waals surface area contributed by atoms with E-state index in [2.05, 4.69) is 41.4 Å². The topological polar surface area (TPSA) is 51.2 Å². The van der Waals surface area contributed by atoms with E-state index in [-0.39, 0.29) is 17.2 Å². The normalized spacial score (nSPS) is 23.2. The first-order valence-electron chi connectivity index (χ1n) is 7.24. The maximum atomic E-state index is 12.1. The van der Waals surface area contributed by atoms with Crippen LogP contribution in [0, 0.1) is 16.9 Å². The van der Waals surface area contributed by atoms with Crippen LogP contribution >= 0.6 is 0 Å². The van der Waals surface area contributed by atoms with Crippen LogP contribution in [-0.2, 0) is 9.53 Å². The Morgan fingerprint density at radius 3 is 2.67 bits per heavy atom. The predicted molar refractivity (Wildman–Crippen MR) is 83.5 cm³/mol. The molecule has 4 nitrogen and oxygen atoms in total. The van der Waals surface area contributed by atoms with Gasteiger partial charge in [0, 0.05) is 18.3 Å². The fourth-order valence-corrected chi connectivity index (χ4v) is 3.26. The molecular formula is C16H20N2O2Si. The molecule has 1 spiro atoms. The van der Waals surface area contributed by atoms with E-state index in [4.69, 9.17) is 4.74 Å². The molecule has 0 bridgehead atoms. The zero-order valence-electron chi connectivity index (χ0n) is 12.7. The molecule has 110 valence electrons. The summed E-state index contributed by atoms with van der Waals surface area (Å²) in [5, 5.41) is 2.94. The molecule has 0 saturated carbocycles. The molecule has 5 heteroatoms. The van der Waals surface area contributed by atoms with Gasteiger partial charge in [-0.2, -0.15) is 0 Å². The number of aromatic nitrogens is 1. The highest BCUT2D eigenvalue weighted by Gasteiger charge is 2.54. The van der Waals surface area contributed by atoms with Crippen molar-refractivity contribution in [3.05, 3.63) is 29.6 Å². The van der Waals surface area contributed by atoms with Gasteiger partial charge >= 0.3 is 0 Å². The Hall–Kier alpha value is -1.64. The molecule has 2 aliphatic heterocycles. The van der Waals surface area contributed by atoms with Gasteiger partial charge in [0.2, 0.25) is 5.91 Å². The van der Waals surface area contributed by atoms with Gasteiger partial charge in [-0.25, -0.2) is 0 Å². The summed E-state index contributed by atoms with van der Waals surface area (Å²) in [6.07, 6.45) is 1.78. The number of hydrogen-bond donors (Lipinski definition) is 1. The van der Waals surface area contributed by atoms with Crippen LogP contribution in [0.4, 0.5) is 0 Å². The lowest BCUT2D eigenvalue weighted by Gasteiger charge is -2.40. The second-order valence-electron chi connectivity index (χ2n) is 6.98. The second-order valence-corrected chi connectivity index (χ2v) is 11.7. The molecule has 2 aliphatic rings. The second kappa shape index (κ2) is 4.97. The van der Waals surface area contributed by atoms with Crippen LogP contribution in [0.3, 0.4) is 0 Å². The van der Waals surface area contributed by atoms with Crippen LogP contribution in [0.1, 0.15) is 17.2 Å². The fourth-order valence-electron chi connectivity index (χ4n) is 2.74. The monoisotopic (exact) mass is 300 g/mol. The SMILES string of the molecule is C[Si](C)(C)C#Cc1ccc(C2C(=O)NCC23COC3)nc1. The summed E-state index contributed by atoms with van der Waals surface area (Å²) in [4.78, 5) is 16.6. The third kappa shape index (κ3) is 2.74. The summed E-state index contributed by atoms with van der Waals surface area (Å²) in [6.45, 7) is 8.60. The largest absolute Gasteiger partial charge is 0.380 e. The molecule has 2 fully saturated rings. The van der Waals surface area contributed by atoms with E-state index < -0.39 is 8.07 Å². The summed E-state index contributed by atoms with van der Waals surface area (Å²) in [7, 11) is -1.38. The molecule has 3 heterocycles. The first-order chi connectivity index (χ1) is 9.90. The quantitative estimate of drug-likeness (QED) is 0.632. The highest BCUT2D eigenvalue weighted by atomic mass is 28.3. The molecule has 1 aromatic heterocycles. The third-order valence-electron chi connectivity index (χ3n) is 3.93. The number of carbonyl (C=O) groups is 1. The number of nitrogens with zero attached hydrogens (tertiary/aromatic N) is 1. The molecule has 1 aromatic rings. The molecule has 0 radical (unpaired) electrons. The van der Waals surface area contributed by atoms with Crippen LogP contribution in [-0.4, -0.2) is 38.7 Å². The molecule has 0 aliphatic carbocycles. The van der Waals surface area contributed by atoms with E-state index in [1.54, 1.807) is 6.20 Å². The van der Waals surface area contributed by atoms with Crippen LogP contribution in [0.15, 0.2) is 18.3 Å². The third-order valence-corrected chi connectivity index (χ3v) is 4.81. The molecule has 0 aromatic carbocycles. The summed E-state index contributed by atoms with van der Waals surface area (Å²) in [6, 6.07) is 3.90. The average molecular weight is 300 g/mol. The zero-order valence-corrected chi connectivity index (χ0v) is 13.7. The summed E-state index contributed by atoms with van der Waals surface area (Å²) in [5.41, 5.74) is 4.98. The molecule has 1 atom stereocenters. The number of carbonyl (C=O) groups excluding carboxylic acids is 1. The van der Waals surface area contributed by atoms with Gasteiger partial charge in [-0.3, -0.25) is 9.78 Å². The van der Waals surface area contributed by atoms with E-state index in [9.17, 15) is 4.79 Å². The first kappa shape index (κ1) is 14.3. The smallest absolute Gasteiger partial charge is 0.229 e. The van der Waals surface area contributed by atoms with E-state index in [0.717, 1.165) is 11.3 Å². The van der Waals surface area contributed by atoms with Crippen molar-refractivity contribution in [3.8, 4) is 11.5 Å². The minimum Gasteiger partial charge on any atom is -0.380 e. The van der Waals surface area contributed by atoms with Gasteiger partial charge in [-0.1, -0.05) is 25.6 Å². The molecule has 1 unspecified atom stereocenters. The van der Waals surface area contributed by atoms with Crippen molar-refractivity contribution in [2.45, 2.75) is 25.6 Å². The highest BCUT2D eigenvalue weighted by Crippen LogP contribution is 2.44. The average Bonchev–Trinajstić information content (AvgIpc) is 2.74. The van der Waals surface area contributed by atoms with Crippen LogP contribution in [0.5, 0.6) is 0 Å². The van der Waals surface area contributed by atoms with Gasteiger partial charge in [0.15, 0.2) is 0 Å². The van der Waals surface area contributed by atoms with Crippen molar-refractivity contribution in [2.24, 2.45) is 5.41 Å². The number of amides is 1. The summed E-state index contributed by atoms with van der Waals surface area (Å²) in [5.74, 6) is 3.06. The van der Waals surface area contributed by atoms with Gasteiger partial charge in [0.05, 0.1) is 30.2 Å². The van der Waals surface area contributed by atoms with Crippen LogP contribution in [0.2, 0.25) is 19.6 Å². The van der Waals surface area contributed by atoms with E-state index in [1.807, 2.05) is 12.1 Å². The Kier molecular flexibility index (Phi) is 3.38. The van der Waals surface area contributed by atoms with Crippen molar-refractivity contribution in [3.63, 3.8) is 0 Å². The number of rotatable bonds is 1. The standard InChI is InChI=1S/C16H20N2O2Si/c1-21(2,3)7-6-12-4-5-13(17-8-12)14-15(19)18-9-16(14)10-20-11-16/h4-5,8,14H,9-11H2,1-3H3,(H,18,19). The van der Waals surface area contributed by atoms with Gasteiger partial charge in [0.1, 0.15) is 8.07 Å². The lowest BCUT2D eigenvalue weighted by atomic mass is 9.74. The Labute approximate surface area is 126 Å². The first-order valence-corrected chi connectivity index (χ1v) is 10.7. The molecule has 1 amide bonds. The van der Waals surface area contributed by atoms with E-state index >= 15 is 0 Å². The molecule has 2 saturated heterocycles. The lowest BCUT2D eigenvalue weighted by molar-refractivity contribution is -0.132. The molecule has 3 rings (SSSR count). The number of nitrogens with one attached hydrogen (secondary N) is 1. The Morgan fingerprint density at radius 1 is 1.38 bits per heavy atom. The van der Waals surface area contributed by atoms with E-state index in [0.29, 0.717) is 19.8 Å². The predicted octanol–water partition coefficient (Wildman–Crippen LogP) is 1.54. The van der Waals surface area contributed by atoms with Crippen molar-refractivity contribution < 1.29 is 9.53 Å². The fraction of sp³-hybridized carbons (Fsp3) is 0.500. The van der Waals surface area contributed by atoms with Crippen LogP contribution < -0.4 is 5.32 Å². The van der Waals surface area contributed by atoms with Gasteiger partial charge in [0.25, 0.3) is 0 Å². The van der Waals surface area contributed by atoms with E-state index in [1.165, 1.54) is 0 Å². The highest BCUT2D eigenvalue weighted by molar-refractivity contribution is 6.83. The lowest BCUT2D eigenvalue weighted by Crippen LogP contribution is -2.48. The maximum Gasteiger partial charge on any atom is 0.229 e. The van der Waals surface area contributed by atoms with Crippen molar-refractivity contribution in [1.82, 2.24) is 10.3 Å². The minimum atomic E-state index is -1.38. The zero-order chi connectivity index (χ0) is 15.1. The van der Waals surface area contributed by atoms with Crippen molar-refractivity contribution >= 4 is 14.0 Å². The number of hydrogen-bond acceptors (Lipinski definition) is 3. The molecular weight excluding hydrogens is 280 g/mol. The summed E-state index contributed by atoms with van der Waals surface area (Å²) >= 11 is 0. The summed E-state index contributed by atoms with van der Waals surface area (Å²) < 4.78 is 5.32. The van der Waals surface area contributed by atoms with Gasteiger partial charge < -0.3 is 10.1 Å². The maximum absolute atomic E-state index is 12.1. The minimum absolute atomic E-state index is 0.0618. The number of ether oxygens (including phenoxy) is 1.